The third kappa shape index (κ3) is 5.68. The number of likely N-dealkylation sites (tertiary alicyclic amines) is 1. The van der Waals surface area contributed by atoms with Crippen molar-refractivity contribution in [2.75, 3.05) is 17.2 Å². The molecule has 1 aliphatic heterocycles. The van der Waals surface area contributed by atoms with Crippen molar-refractivity contribution >= 4 is 28.2 Å². The number of anilines is 3. The van der Waals surface area contributed by atoms with Crippen molar-refractivity contribution in [3.8, 4) is 10.6 Å². The molecule has 1 saturated carbocycles. The summed E-state index contributed by atoms with van der Waals surface area (Å²) in [6, 6.07) is 2.81. The summed E-state index contributed by atoms with van der Waals surface area (Å²) in [5.74, 6) is 1.35. The summed E-state index contributed by atoms with van der Waals surface area (Å²) in [4.78, 5) is 26.1. The van der Waals surface area contributed by atoms with E-state index in [2.05, 4.69) is 42.4 Å². The van der Waals surface area contributed by atoms with Gasteiger partial charge in [-0.25, -0.2) is 19.9 Å². The van der Waals surface area contributed by atoms with Crippen molar-refractivity contribution in [1.82, 2.24) is 29.8 Å². The summed E-state index contributed by atoms with van der Waals surface area (Å²) in [7, 11) is 0. The monoisotopic (exact) mass is 480 g/mol. The van der Waals surface area contributed by atoms with Crippen molar-refractivity contribution in [1.29, 1.82) is 0 Å². The van der Waals surface area contributed by atoms with Gasteiger partial charge in [-0.15, -0.1) is 0 Å². The summed E-state index contributed by atoms with van der Waals surface area (Å²) in [5.41, 5.74) is 2.70. The van der Waals surface area contributed by atoms with Gasteiger partial charge in [0.05, 0.1) is 34.8 Å². The third-order valence-corrected chi connectivity index (χ3v) is 7.47. The largest absolute Gasteiger partial charge is 0.392 e. The van der Waals surface area contributed by atoms with Crippen molar-refractivity contribution in [2.45, 2.75) is 77.1 Å². The number of nitrogens with one attached hydrogen (secondary N) is 2. The molecule has 180 valence electrons. The van der Waals surface area contributed by atoms with E-state index < -0.39 is 0 Å². The van der Waals surface area contributed by atoms with Crippen LogP contribution in [0.15, 0.2) is 24.7 Å². The first kappa shape index (κ1) is 23.1. The van der Waals surface area contributed by atoms with Crippen molar-refractivity contribution < 1.29 is 5.11 Å². The Bertz CT molecular complexity index is 1100. The molecule has 4 heterocycles. The van der Waals surface area contributed by atoms with Crippen LogP contribution in [0.5, 0.6) is 0 Å². The molecule has 1 saturated heterocycles. The Morgan fingerprint density at radius 3 is 2.68 bits per heavy atom. The first-order valence-electron chi connectivity index (χ1n) is 12.1. The van der Waals surface area contributed by atoms with E-state index in [0.29, 0.717) is 36.9 Å². The Balaban J connectivity index is 1.23. The van der Waals surface area contributed by atoms with Crippen LogP contribution in [0.25, 0.3) is 10.6 Å². The van der Waals surface area contributed by atoms with Crippen LogP contribution >= 0.6 is 11.3 Å². The topological polar surface area (TPSA) is 112 Å². The summed E-state index contributed by atoms with van der Waals surface area (Å²) in [5, 5.41) is 17.4. The Labute approximate surface area is 204 Å². The zero-order valence-corrected chi connectivity index (χ0v) is 20.6. The molecule has 3 aromatic rings. The van der Waals surface area contributed by atoms with Gasteiger partial charge in [0.2, 0.25) is 5.95 Å². The third-order valence-electron chi connectivity index (χ3n) is 6.54. The maximum Gasteiger partial charge on any atom is 0.223 e. The maximum absolute atomic E-state index is 9.84. The second-order valence-corrected chi connectivity index (χ2v) is 10.4. The summed E-state index contributed by atoms with van der Waals surface area (Å²) in [6.45, 7) is 5.51. The number of hydrogen-bond acceptors (Lipinski definition) is 10. The molecule has 0 radical (unpaired) electrons. The molecule has 2 fully saturated rings. The Hall–Kier alpha value is -2.69. The number of nitrogens with zero attached hydrogens (tertiary/aromatic N) is 6. The molecule has 0 bridgehead atoms. The molecule has 0 aromatic carbocycles. The fraction of sp³-hybridized carbons (Fsp3) is 0.542. The molecule has 34 heavy (non-hydrogen) atoms. The zero-order valence-electron chi connectivity index (χ0n) is 19.7. The number of aryl methyl sites for hydroxylation is 1. The highest BCUT2D eigenvalue weighted by Crippen LogP contribution is 2.30. The molecule has 1 aliphatic carbocycles. The van der Waals surface area contributed by atoms with Crippen LogP contribution in [0.4, 0.5) is 16.9 Å². The van der Waals surface area contributed by atoms with Gasteiger partial charge < -0.3 is 15.7 Å². The summed E-state index contributed by atoms with van der Waals surface area (Å²) in [6.07, 6.45) is 12.1. The molecular weight excluding hydrogens is 448 g/mol. The van der Waals surface area contributed by atoms with Gasteiger partial charge in [0.1, 0.15) is 0 Å². The molecule has 2 aliphatic rings. The van der Waals surface area contributed by atoms with E-state index in [1.165, 1.54) is 43.4 Å². The van der Waals surface area contributed by atoms with E-state index in [9.17, 15) is 5.11 Å². The molecule has 3 N–H and O–H groups in total. The zero-order chi connectivity index (χ0) is 23.5. The summed E-state index contributed by atoms with van der Waals surface area (Å²) >= 11 is 1.53. The lowest BCUT2D eigenvalue weighted by atomic mass is 9.96. The van der Waals surface area contributed by atoms with E-state index in [-0.39, 0.29) is 6.10 Å². The van der Waals surface area contributed by atoms with Crippen LogP contribution < -0.4 is 10.6 Å². The number of β-amino-alcohol motifs (C(OH)–C–C–N with tert-alkyl or cyclic N) is 1. The van der Waals surface area contributed by atoms with Gasteiger partial charge in [0.25, 0.3) is 0 Å². The highest BCUT2D eigenvalue weighted by molar-refractivity contribution is 7.18. The van der Waals surface area contributed by atoms with E-state index in [4.69, 9.17) is 4.98 Å². The van der Waals surface area contributed by atoms with Crippen LogP contribution in [0.1, 0.15) is 56.8 Å². The molecule has 9 nitrogen and oxygen atoms in total. The molecule has 0 spiro atoms. The fourth-order valence-electron chi connectivity index (χ4n) is 4.75. The molecular formula is C24H32N8OS. The van der Waals surface area contributed by atoms with E-state index in [1.807, 2.05) is 19.2 Å². The molecule has 0 amide bonds. The number of rotatable bonds is 7. The second-order valence-electron chi connectivity index (χ2n) is 9.41. The van der Waals surface area contributed by atoms with Crippen molar-refractivity contribution in [3.05, 3.63) is 36.0 Å². The van der Waals surface area contributed by atoms with Crippen molar-refractivity contribution in [3.63, 3.8) is 0 Å². The van der Waals surface area contributed by atoms with Gasteiger partial charge in [-0.05, 0) is 39.2 Å². The van der Waals surface area contributed by atoms with Gasteiger partial charge >= 0.3 is 0 Å². The fourth-order valence-corrected chi connectivity index (χ4v) is 5.53. The predicted molar refractivity (Wildman–Crippen MR) is 134 cm³/mol. The molecule has 5 rings (SSSR count). The smallest absolute Gasteiger partial charge is 0.223 e. The lowest BCUT2D eigenvalue weighted by Crippen LogP contribution is -2.27. The van der Waals surface area contributed by atoms with Gasteiger partial charge in [-0.3, -0.25) is 9.88 Å². The minimum atomic E-state index is -0.249. The number of aliphatic hydroxyl groups excluding tert-OH is 1. The first-order chi connectivity index (χ1) is 16.5. The van der Waals surface area contributed by atoms with Crippen LogP contribution in [-0.4, -0.2) is 59.7 Å². The molecule has 0 unspecified atom stereocenters. The number of aromatic nitrogens is 5. The number of thiazole rings is 1. The highest BCUT2D eigenvalue weighted by Gasteiger charge is 2.27. The molecule has 3 aromatic heterocycles. The normalized spacial score (nSPS) is 21.6. The van der Waals surface area contributed by atoms with Crippen LogP contribution in [0.2, 0.25) is 0 Å². The minimum Gasteiger partial charge on any atom is -0.392 e. The van der Waals surface area contributed by atoms with Crippen molar-refractivity contribution in [2.24, 2.45) is 0 Å². The van der Waals surface area contributed by atoms with E-state index in [0.717, 1.165) is 33.5 Å². The lowest BCUT2D eigenvalue weighted by Gasteiger charge is -2.22. The SMILES string of the molecule is Cc1cc(-c2cnc(Nc3cnc(CN4C[C@H](O)C[C@H]4C)cn3)s2)nc(NC2CCCCC2)n1. The van der Waals surface area contributed by atoms with Crippen LogP contribution in [-0.2, 0) is 6.54 Å². The second kappa shape index (κ2) is 10.3. The van der Waals surface area contributed by atoms with Gasteiger partial charge in [0, 0.05) is 37.1 Å². The average molecular weight is 481 g/mol. The quantitative estimate of drug-likeness (QED) is 0.459. The molecule has 10 heteroatoms. The van der Waals surface area contributed by atoms with Crippen LogP contribution in [0, 0.1) is 6.92 Å². The van der Waals surface area contributed by atoms with E-state index >= 15 is 0 Å². The predicted octanol–water partition coefficient (Wildman–Crippen LogP) is 4.14. The van der Waals surface area contributed by atoms with Crippen LogP contribution in [0.3, 0.4) is 0 Å². The molecule has 2 atom stereocenters. The maximum atomic E-state index is 9.84. The Morgan fingerprint density at radius 2 is 1.94 bits per heavy atom. The number of aliphatic hydroxyl groups is 1. The minimum absolute atomic E-state index is 0.249. The van der Waals surface area contributed by atoms with Gasteiger partial charge in [0.15, 0.2) is 10.9 Å². The highest BCUT2D eigenvalue weighted by atomic mass is 32.1. The van der Waals surface area contributed by atoms with Gasteiger partial charge in [-0.2, -0.15) is 0 Å². The Kier molecular flexibility index (Phi) is 6.98. The lowest BCUT2D eigenvalue weighted by molar-refractivity contribution is 0.172. The summed E-state index contributed by atoms with van der Waals surface area (Å²) < 4.78 is 0. The first-order valence-corrected chi connectivity index (χ1v) is 12.9. The Morgan fingerprint density at radius 1 is 1.09 bits per heavy atom. The average Bonchev–Trinajstić information content (AvgIpc) is 3.41. The number of hydrogen-bond donors (Lipinski definition) is 3. The van der Waals surface area contributed by atoms with Gasteiger partial charge in [-0.1, -0.05) is 30.6 Å². The standard InChI is InChI=1S/C24H32N8OS/c1-15-8-20(30-23(28-15)29-17-6-4-3-5-7-17)21-11-27-24(34-21)31-22-12-25-18(10-26-22)13-32-14-19(33)9-16(32)2/h8,10-12,16-17,19,33H,3-7,9,13-14H2,1-2H3,(H,26,27,31)(H,28,29,30)/t16-,19-/m1/s1. The van der Waals surface area contributed by atoms with E-state index in [1.54, 1.807) is 12.4 Å².